The van der Waals surface area contributed by atoms with Gasteiger partial charge in [0, 0.05) is 18.1 Å². The van der Waals surface area contributed by atoms with Gasteiger partial charge in [0.1, 0.15) is 6.54 Å². The predicted molar refractivity (Wildman–Crippen MR) is 122 cm³/mol. The van der Waals surface area contributed by atoms with Crippen molar-refractivity contribution >= 4 is 29.4 Å². The second kappa shape index (κ2) is 9.28. The number of benzene rings is 2. The summed E-state index contributed by atoms with van der Waals surface area (Å²) in [5, 5.41) is 6.24. The van der Waals surface area contributed by atoms with Crippen molar-refractivity contribution in [1.82, 2.24) is 20.4 Å². The predicted octanol–water partition coefficient (Wildman–Crippen LogP) is 3.01. The van der Waals surface area contributed by atoms with Crippen LogP contribution in [0.5, 0.6) is 0 Å². The molecule has 32 heavy (non-hydrogen) atoms. The summed E-state index contributed by atoms with van der Waals surface area (Å²) in [5.74, 6) is -0.551. The van der Waals surface area contributed by atoms with E-state index in [0.717, 1.165) is 5.56 Å². The van der Waals surface area contributed by atoms with Crippen molar-refractivity contribution in [2.75, 3.05) is 19.6 Å². The molecule has 0 aromatic heterocycles. The van der Waals surface area contributed by atoms with E-state index in [0.29, 0.717) is 28.4 Å². The fraction of sp³-hybridized carbons (Fsp3) is 0.208. The Morgan fingerprint density at radius 3 is 2.69 bits per heavy atom. The van der Waals surface area contributed by atoms with Crippen LogP contribution in [0.3, 0.4) is 0 Å². The number of rotatable bonds is 7. The molecule has 0 spiro atoms. The fourth-order valence-electron chi connectivity index (χ4n) is 3.96. The monoisotopic (exact) mass is 450 g/mol. The molecule has 0 saturated heterocycles. The van der Waals surface area contributed by atoms with Gasteiger partial charge in [-0.2, -0.15) is 0 Å². The Kier molecular flexibility index (Phi) is 6.28. The van der Waals surface area contributed by atoms with E-state index in [9.17, 15) is 14.4 Å². The topological polar surface area (TPSA) is 81.8 Å². The molecule has 0 bridgehead atoms. The molecule has 2 aromatic carbocycles. The molecule has 0 aliphatic carbocycles. The fourth-order valence-corrected chi connectivity index (χ4v) is 4.16. The molecule has 1 atom stereocenters. The van der Waals surface area contributed by atoms with Gasteiger partial charge in [-0.05, 0) is 23.3 Å². The van der Waals surface area contributed by atoms with Gasteiger partial charge < -0.3 is 15.5 Å². The summed E-state index contributed by atoms with van der Waals surface area (Å²) in [6.07, 6.45) is 1.60. The third kappa shape index (κ3) is 4.38. The van der Waals surface area contributed by atoms with Crippen LogP contribution in [-0.4, -0.2) is 47.3 Å². The zero-order chi connectivity index (χ0) is 22.7. The first kappa shape index (κ1) is 21.6. The molecule has 2 heterocycles. The van der Waals surface area contributed by atoms with Crippen LogP contribution >= 0.6 is 11.6 Å². The Hall–Kier alpha value is -3.58. The molecule has 7 nitrogen and oxygen atoms in total. The SMILES string of the molecule is C=CCN1C(=O)NC(c2cccc(Cl)c2)C2=C1CN(CC(=O)NCc1ccccc1)C2=O. The molecule has 0 saturated carbocycles. The molecule has 164 valence electrons. The van der Waals surface area contributed by atoms with E-state index < -0.39 is 6.04 Å². The van der Waals surface area contributed by atoms with E-state index in [1.54, 1.807) is 24.3 Å². The van der Waals surface area contributed by atoms with E-state index in [-0.39, 0.29) is 37.5 Å². The van der Waals surface area contributed by atoms with Crippen molar-refractivity contribution < 1.29 is 14.4 Å². The lowest BCUT2D eigenvalue weighted by molar-refractivity contribution is -0.132. The molecular weight excluding hydrogens is 428 g/mol. The second-order valence-electron chi connectivity index (χ2n) is 7.62. The largest absolute Gasteiger partial charge is 0.350 e. The van der Waals surface area contributed by atoms with Crippen molar-refractivity contribution in [2.45, 2.75) is 12.6 Å². The van der Waals surface area contributed by atoms with Crippen LogP contribution in [-0.2, 0) is 16.1 Å². The summed E-state index contributed by atoms with van der Waals surface area (Å²) in [4.78, 5) is 41.6. The number of carbonyl (C=O) groups is 3. The molecule has 0 fully saturated rings. The lowest BCUT2D eigenvalue weighted by atomic mass is 9.95. The van der Waals surface area contributed by atoms with Gasteiger partial charge in [-0.25, -0.2) is 4.79 Å². The molecule has 1 unspecified atom stereocenters. The van der Waals surface area contributed by atoms with Crippen molar-refractivity contribution in [1.29, 1.82) is 0 Å². The van der Waals surface area contributed by atoms with Crippen LogP contribution < -0.4 is 10.6 Å². The van der Waals surface area contributed by atoms with E-state index >= 15 is 0 Å². The van der Waals surface area contributed by atoms with Crippen molar-refractivity contribution in [3.8, 4) is 0 Å². The molecule has 0 radical (unpaired) electrons. The van der Waals surface area contributed by atoms with Crippen molar-refractivity contribution in [3.05, 3.63) is 94.7 Å². The van der Waals surface area contributed by atoms with Gasteiger partial charge in [-0.15, -0.1) is 6.58 Å². The lowest BCUT2D eigenvalue weighted by Gasteiger charge is -2.33. The highest BCUT2D eigenvalue weighted by atomic mass is 35.5. The zero-order valence-corrected chi connectivity index (χ0v) is 18.1. The maximum absolute atomic E-state index is 13.3. The van der Waals surface area contributed by atoms with Gasteiger partial charge in [0.25, 0.3) is 5.91 Å². The van der Waals surface area contributed by atoms with Crippen molar-refractivity contribution in [3.63, 3.8) is 0 Å². The minimum Gasteiger partial charge on any atom is -0.350 e. The molecular formula is C24H23ClN4O3. The Morgan fingerprint density at radius 2 is 1.97 bits per heavy atom. The van der Waals surface area contributed by atoms with E-state index in [1.807, 2.05) is 36.4 Å². The van der Waals surface area contributed by atoms with Crippen molar-refractivity contribution in [2.24, 2.45) is 0 Å². The van der Waals surface area contributed by atoms with Crippen LogP contribution in [0.2, 0.25) is 5.02 Å². The maximum Gasteiger partial charge on any atom is 0.322 e. The standard InChI is InChI=1S/C24H23ClN4O3/c1-2-11-29-19-14-28(15-20(30)26-13-16-7-4-3-5-8-16)23(31)21(19)22(27-24(29)32)17-9-6-10-18(25)12-17/h2-10,12,22H,1,11,13-15H2,(H,26,30)(H,27,32). The third-order valence-electron chi connectivity index (χ3n) is 5.46. The van der Waals surface area contributed by atoms with Crippen LogP contribution in [0.15, 0.2) is 78.5 Å². The van der Waals surface area contributed by atoms with Gasteiger partial charge in [0.05, 0.1) is 23.9 Å². The van der Waals surface area contributed by atoms with E-state index in [1.165, 1.54) is 9.80 Å². The number of nitrogens with zero attached hydrogens (tertiary/aromatic N) is 2. The number of halogens is 1. The Morgan fingerprint density at radius 1 is 1.19 bits per heavy atom. The first-order valence-corrected chi connectivity index (χ1v) is 10.6. The Balaban J connectivity index is 1.54. The molecule has 2 N–H and O–H groups in total. The third-order valence-corrected chi connectivity index (χ3v) is 5.69. The van der Waals surface area contributed by atoms with Gasteiger partial charge in [-0.1, -0.05) is 60.1 Å². The highest BCUT2D eigenvalue weighted by Gasteiger charge is 2.44. The number of urea groups is 1. The van der Waals surface area contributed by atoms with Crippen LogP contribution in [0.25, 0.3) is 0 Å². The summed E-state index contributed by atoms with van der Waals surface area (Å²) in [6, 6.07) is 15.6. The average Bonchev–Trinajstić information content (AvgIpc) is 3.10. The van der Waals surface area contributed by atoms with Gasteiger partial charge in [0.2, 0.25) is 5.91 Å². The maximum atomic E-state index is 13.3. The first-order chi connectivity index (χ1) is 15.5. The number of hydrogen-bond donors (Lipinski definition) is 2. The van der Waals surface area contributed by atoms with Gasteiger partial charge >= 0.3 is 6.03 Å². The molecule has 8 heteroatoms. The normalized spacial score (nSPS) is 17.8. The van der Waals surface area contributed by atoms with Crippen LogP contribution in [0.4, 0.5) is 4.79 Å². The van der Waals surface area contributed by atoms with E-state index in [2.05, 4.69) is 17.2 Å². The smallest absolute Gasteiger partial charge is 0.322 e. The number of hydrogen-bond acceptors (Lipinski definition) is 3. The zero-order valence-electron chi connectivity index (χ0n) is 17.4. The highest BCUT2D eigenvalue weighted by Crippen LogP contribution is 2.36. The Bertz CT molecular complexity index is 1100. The van der Waals surface area contributed by atoms with E-state index in [4.69, 9.17) is 11.6 Å². The quantitative estimate of drug-likeness (QED) is 0.636. The minimum absolute atomic E-state index is 0.100. The number of carbonyl (C=O) groups excluding carboxylic acids is 3. The summed E-state index contributed by atoms with van der Waals surface area (Å²) < 4.78 is 0. The molecule has 4 rings (SSSR count). The average molecular weight is 451 g/mol. The van der Waals surface area contributed by atoms with Gasteiger partial charge in [0.15, 0.2) is 0 Å². The first-order valence-electron chi connectivity index (χ1n) is 10.2. The molecule has 2 aromatic rings. The second-order valence-corrected chi connectivity index (χ2v) is 8.06. The highest BCUT2D eigenvalue weighted by molar-refractivity contribution is 6.30. The molecule has 4 amide bonds. The summed E-state index contributed by atoms with van der Waals surface area (Å²) in [5.41, 5.74) is 2.71. The summed E-state index contributed by atoms with van der Waals surface area (Å²) in [7, 11) is 0. The molecule has 2 aliphatic rings. The lowest BCUT2D eigenvalue weighted by Crippen LogP contribution is -2.47. The summed E-state index contributed by atoms with van der Waals surface area (Å²) >= 11 is 6.14. The molecule has 2 aliphatic heterocycles. The summed E-state index contributed by atoms with van der Waals surface area (Å²) in [6.45, 7) is 4.41. The number of amides is 4. The number of nitrogens with one attached hydrogen (secondary N) is 2. The van der Waals surface area contributed by atoms with Gasteiger partial charge in [-0.3, -0.25) is 14.5 Å². The Labute approximate surface area is 191 Å². The van der Waals surface area contributed by atoms with Crippen LogP contribution in [0.1, 0.15) is 17.2 Å². The minimum atomic E-state index is -0.637. The van der Waals surface area contributed by atoms with Crippen LogP contribution in [0, 0.1) is 0 Å².